The van der Waals surface area contributed by atoms with Crippen molar-refractivity contribution >= 4 is 0 Å². The van der Waals surface area contributed by atoms with Gasteiger partial charge in [0, 0.05) is 16.8 Å². The van der Waals surface area contributed by atoms with Crippen LogP contribution in [-0.2, 0) is 16.8 Å². The van der Waals surface area contributed by atoms with E-state index < -0.39 is 0 Å². The Morgan fingerprint density at radius 2 is 1.23 bits per heavy atom. The monoisotopic (exact) mass is 229 g/mol. The normalized spacial score (nSPS) is 9.54. The van der Waals surface area contributed by atoms with Gasteiger partial charge in [0.15, 0.2) is 0 Å². The van der Waals surface area contributed by atoms with Gasteiger partial charge >= 0.3 is 0 Å². The summed E-state index contributed by atoms with van der Waals surface area (Å²) >= 11 is 0. The van der Waals surface area contributed by atoms with Gasteiger partial charge in [-0.1, -0.05) is 9.69 Å². The SMILES string of the molecule is On1nnnc1-c1nnnn1O.[Co]. The van der Waals surface area contributed by atoms with Crippen molar-refractivity contribution < 1.29 is 27.2 Å². The van der Waals surface area contributed by atoms with Crippen LogP contribution in [0, 0.1) is 0 Å². The van der Waals surface area contributed by atoms with Crippen molar-refractivity contribution in [3.8, 4) is 11.6 Å². The molecule has 0 saturated heterocycles. The van der Waals surface area contributed by atoms with Gasteiger partial charge in [0.2, 0.25) is 0 Å². The van der Waals surface area contributed by atoms with E-state index in [1.54, 1.807) is 0 Å². The predicted octanol–water partition coefficient (Wildman–Crippen LogP) is -2.20. The van der Waals surface area contributed by atoms with E-state index in [-0.39, 0.29) is 28.4 Å². The van der Waals surface area contributed by atoms with Crippen LogP contribution in [0.3, 0.4) is 0 Å². The first-order chi connectivity index (χ1) is 5.79. The summed E-state index contributed by atoms with van der Waals surface area (Å²) in [6.07, 6.45) is 0. The second kappa shape index (κ2) is 3.32. The number of rotatable bonds is 1. The van der Waals surface area contributed by atoms with Crippen LogP contribution in [0.5, 0.6) is 0 Å². The van der Waals surface area contributed by atoms with E-state index in [0.717, 1.165) is 0 Å². The molecule has 2 aromatic rings. The van der Waals surface area contributed by atoms with Crippen molar-refractivity contribution in [1.82, 2.24) is 40.7 Å². The van der Waals surface area contributed by atoms with Gasteiger partial charge in [0.1, 0.15) is 0 Å². The smallest absolute Gasteiger partial charge is 0.264 e. The number of nitrogens with zero attached hydrogens (tertiary/aromatic N) is 8. The second-order valence-corrected chi connectivity index (χ2v) is 1.78. The summed E-state index contributed by atoms with van der Waals surface area (Å²) in [5, 5.41) is 36.9. The van der Waals surface area contributed by atoms with Crippen LogP contribution in [0.1, 0.15) is 0 Å². The van der Waals surface area contributed by atoms with E-state index in [2.05, 4.69) is 31.1 Å². The van der Waals surface area contributed by atoms with Crippen molar-refractivity contribution in [2.45, 2.75) is 0 Å². The third-order valence-corrected chi connectivity index (χ3v) is 1.11. The molecule has 0 aliphatic carbocycles. The van der Waals surface area contributed by atoms with Crippen LogP contribution in [0.2, 0.25) is 0 Å². The molecule has 71 valence electrons. The Kier molecular flexibility index (Phi) is 2.38. The van der Waals surface area contributed by atoms with Gasteiger partial charge in [-0.25, -0.2) is 0 Å². The van der Waals surface area contributed by atoms with Crippen LogP contribution in [0.15, 0.2) is 0 Å². The first kappa shape index (κ1) is 9.34. The van der Waals surface area contributed by atoms with Crippen LogP contribution in [-0.4, -0.2) is 51.2 Å². The van der Waals surface area contributed by atoms with Crippen molar-refractivity contribution in [3.63, 3.8) is 0 Å². The summed E-state index contributed by atoms with van der Waals surface area (Å²) in [7, 11) is 0. The fraction of sp³-hybridized carbons (Fsp3) is 0. The van der Waals surface area contributed by atoms with Gasteiger partial charge in [0.25, 0.3) is 11.6 Å². The van der Waals surface area contributed by atoms with Crippen molar-refractivity contribution in [2.75, 3.05) is 0 Å². The Bertz CT molecular complexity index is 356. The molecule has 0 aliphatic rings. The quantitative estimate of drug-likeness (QED) is 0.527. The summed E-state index contributed by atoms with van der Waals surface area (Å²) in [5.41, 5.74) is 0. The Morgan fingerprint density at radius 1 is 0.846 bits per heavy atom. The molecule has 13 heavy (non-hydrogen) atoms. The molecule has 0 saturated carbocycles. The molecule has 2 N–H and O–H groups in total. The van der Waals surface area contributed by atoms with Crippen molar-refractivity contribution in [2.24, 2.45) is 0 Å². The largest absolute Gasteiger partial charge is 0.409 e. The minimum absolute atomic E-state index is 0. The molecule has 11 heteroatoms. The van der Waals surface area contributed by atoms with Gasteiger partial charge in [0.05, 0.1) is 0 Å². The molecule has 0 atom stereocenters. The molecule has 0 amide bonds. The minimum atomic E-state index is -0.150. The Balaban J connectivity index is 0.000000845. The van der Waals surface area contributed by atoms with Crippen LogP contribution in [0.4, 0.5) is 0 Å². The third-order valence-electron chi connectivity index (χ3n) is 1.11. The number of aromatic nitrogens is 8. The van der Waals surface area contributed by atoms with E-state index >= 15 is 0 Å². The average Bonchev–Trinajstić information content (AvgIpc) is 2.59. The summed E-state index contributed by atoms with van der Waals surface area (Å²) < 4.78 is 0. The molecular formula is C2H2CoN8O2. The maximum absolute atomic E-state index is 8.91. The average molecular weight is 229 g/mol. The molecule has 1 radical (unpaired) electrons. The molecule has 2 rings (SSSR count). The van der Waals surface area contributed by atoms with Gasteiger partial charge in [-0.2, -0.15) is 0 Å². The third kappa shape index (κ3) is 1.41. The molecule has 2 heterocycles. The molecule has 10 nitrogen and oxygen atoms in total. The zero-order valence-corrected chi connectivity index (χ0v) is 6.85. The molecule has 0 fully saturated rings. The van der Waals surface area contributed by atoms with E-state index in [0.29, 0.717) is 9.69 Å². The van der Waals surface area contributed by atoms with Crippen LogP contribution in [0.25, 0.3) is 11.6 Å². The maximum Gasteiger partial charge on any atom is 0.264 e. The molecule has 0 aromatic carbocycles. The van der Waals surface area contributed by atoms with Crippen molar-refractivity contribution in [1.29, 1.82) is 0 Å². The Hall–Kier alpha value is -1.75. The summed E-state index contributed by atoms with van der Waals surface area (Å²) in [6.45, 7) is 0. The molecule has 0 aliphatic heterocycles. The fourth-order valence-corrected chi connectivity index (χ4v) is 0.634. The van der Waals surface area contributed by atoms with Crippen molar-refractivity contribution in [3.05, 3.63) is 0 Å². The first-order valence-electron chi connectivity index (χ1n) is 2.74. The maximum atomic E-state index is 8.91. The second-order valence-electron chi connectivity index (χ2n) is 1.78. The number of hydrogen-bond acceptors (Lipinski definition) is 8. The minimum Gasteiger partial charge on any atom is -0.409 e. The van der Waals surface area contributed by atoms with Gasteiger partial charge in [-0.05, 0) is 20.9 Å². The Morgan fingerprint density at radius 3 is 1.46 bits per heavy atom. The van der Waals surface area contributed by atoms with Gasteiger partial charge in [-0.15, -0.1) is 10.2 Å². The molecule has 0 bridgehead atoms. The standard InChI is InChI=1S/C2H2N8O2.Co/c11-9-1(3-5-7-9)2-4-6-8-10(2)12;/h11-12H;. The fourth-order valence-electron chi connectivity index (χ4n) is 0.634. The zero-order valence-electron chi connectivity index (χ0n) is 5.81. The van der Waals surface area contributed by atoms with E-state index in [1.807, 2.05) is 0 Å². The molecule has 0 unspecified atom stereocenters. The van der Waals surface area contributed by atoms with Crippen LogP contribution >= 0.6 is 0 Å². The van der Waals surface area contributed by atoms with E-state index in [9.17, 15) is 0 Å². The Labute approximate surface area is 80.3 Å². The van der Waals surface area contributed by atoms with E-state index in [4.69, 9.17) is 10.4 Å². The van der Waals surface area contributed by atoms with Crippen LogP contribution < -0.4 is 0 Å². The molecule has 0 spiro atoms. The number of hydrogen-bond donors (Lipinski definition) is 2. The van der Waals surface area contributed by atoms with Gasteiger partial charge < -0.3 is 10.4 Å². The predicted molar refractivity (Wildman–Crippen MR) is 29.0 cm³/mol. The summed E-state index contributed by atoms with van der Waals surface area (Å²) in [5.74, 6) is -0.301. The zero-order chi connectivity index (χ0) is 8.55. The molecule has 2 aromatic heterocycles. The van der Waals surface area contributed by atoms with E-state index in [1.165, 1.54) is 0 Å². The molecular weight excluding hydrogens is 227 g/mol. The summed E-state index contributed by atoms with van der Waals surface area (Å²) in [4.78, 5) is 0.691. The topological polar surface area (TPSA) is 128 Å². The van der Waals surface area contributed by atoms with Gasteiger partial charge in [-0.3, -0.25) is 0 Å². The first-order valence-corrected chi connectivity index (χ1v) is 2.74. The number of tetrazole rings is 2. The summed E-state index contributed by atoms with van der Waals surface area (Å²) in [6, 6.07) is 0.